The van der Waals surface area contributed by atoms with E-state index in [9.17, 15) is 9.18 Å². The Bertz CT molecular complexity index is 934. The predicted octanol–water partition coefficient (Wildman–Crippen LogP) is 5.52. The number of benzene rings is 2. The van der Waals surface area contributed by atoms with Gasteiger partial charge in [-0.05, 0) is 42.5 Å². The maximum absolute atomic E-state index is 13.2. The number of halogens is 3. The molecule has 0 saturated carbocycles. The zero-order valence-corrected chi connectivity index (χ0v) is 14.3. The molecule has 0 saturated heterocycles. The Labute approximate surface area is 153 Å². The van der Waals surface area contributed by atoms with Crippen LogP contribution in [0.4, 0.5) is 21.5 Å². The summed E-state index contributed by atoms with van der Waals surface area (Å²) in [6.45, 7) is 0. The van der Waals surface area contributed by atoms with Gasteiger partial charge in [0.15, 0.2) is 0 Å². The molecule has 1 amide bonds. The van der Waals surface area contributed by atoms with Crippen LogP contribution in [0.15, 0.2) is 60.9 Å². The molecule has 1 aromatic heterocycles. The van der Waals surface area contributed by atoms with Crippen LogP contribution in [0.5, 0.6) is 0 Å². The number of anilines is 3. The van der Waals surface area contributed by atoms with Crippen molar-refractivity contribution in [1.29, 1.82) is 0 Å². The lowest BCUT2D eigenvalue weighted by atomic mass is 10.2. The molecule has 0 bridgehead atoms. The molecule has 126 valence electrons. The molecule has 0 fully saturated rings. The first-order valence-corrected chi connectivity index (χ1v) is 8.01. The van der Waals surface area contributed by atoms with Crippen molar-refractivity contribution in [3.63, 3.8) is 0 Å². The van der Waals surface area contributed by atoms with Crippen molar-refractivity contribution in [1.82, 2.24) is 4.98 Å². The molecule has 3 aromatic rings. The molecule has 7 heteroatoms. The van der Waals surface area contributed by atoms with E-state index in [1.807, 2.05) is 0 Å². The molecule has 2 N–H and O–H groups in total. The molecule has 0 aliphatic carbocycles. The highest BCUT2D eigenvalue weighted by Crippen LogP contribution is 2.25. The second kappa shape index (κ2) is 7.51. The van der Waals surface area contributed by atoms with E-state index in [0.717, 1.165) is 0 Å². The second-order valence-electron chi connectivity index (χ2n) is 5.18. The van der Waals surface area contributed by atoms with Gasteiger partial charge in [0.05, 0.1) is 27.5 Å². The minimum Gasteiger partial charge on any atom is -0.354 e. The van der Waals surface area contributed by atoms with Crippen LogP contribution in [0.2, 0.25) is 10.0 Å². The third-order valence-electron chi connectivity index (χ3n) is 3.29. The van der Waals surface area contributed by atoms with Gasteiger partial charge in [0.25, 0.3) is 5.91 Å². The molecule has 4 nitrogen and oxygen atoms in total. The Morgan fingerprint density at radius 1 is 0.920 bits per heavy atom. The highest BCUT2D eigenvalue weighted by Gasteiger charge is 2.09. The summed E-state index contributed by atoms with van der Waals surface area (Å²) in [5, 5.41) is 6.47. The summed E-state index contributed by atoms with van der Waals surface area (Å²) in [7, 11) is 0. The zero-order valence-electron chi connectivity index (χ0n) is 12.8. The molecule has 0 aliphatic rings. The molecule has 0 unspecified atom stereocenters. The van der Waals surface area contributed by atoms with Crippen molar-refractivity contribution >= 4 is 46.2 Å². The maximum atomic E-state index is 13.2. The average molecular weight is 376 g/mol. The first-order valence-electron chi connectivity index (χ1n) is 7.25. The highest BCUT2D eigenvalue weighted by atomic mass is 35.5. The third kappa shape index (κ3) is 4.47. The number of hydrogen-bond acceptors (Lipinski definition) is 3. The van der Waals surface area contributed by atoms with Crippen LogP contribution in [0, 0.1) is 5.82 Å². The minimum atomic E-state index is -0.355. The molecular formula is C18H12Cl2FN3O. The number of amides is 1. The van der Waals surface area contributed by atoms with Gasteiger partial charge in [-0.15, -0.1) is 0 Å². The van der Waals surface area contributed by atoms with Crippen LogP contribution in [-0.2, 0) is 0 Å². The van der Waals surface area contributed by atoms with Crippen LogP contribution in [0.3, 0.4) is 0 Å². The fourth-order valence-corrected chi connectivity index (χ4v) is 2.44. The summed E-state index contributed by atoms with van der Waals surface area (Å²) >= 11 is 11.8. The third-order valence-corrected chi connectivity index (χ3v) is 4.03. The van der Waals surface area contributed by atoms with Crippen molar-refractivity contribution in [2.24, 2.45) is 0 Å². The average Bonchev–Trinajstić information content (AvgIpc) is 2.58. The fraction of sp³-hybridized carbons (Fsp3) is 0. The molecular weight excluding hydrogens is 364 g/mol. The maximum Gasteiger partial charge on any atom is 0.257 e. The summed E-state index contributed by atoms with van der Waals surface area (Å²) in [4.78, 5) is 16.4. The normalized spacial score (nSPS) is 10.4. The first-order chi connectivity index (χ1) is 12.0. The van der Waals surface area contributed by atoms with Gasteiger partial charge >= 0.3 is 0 Å². The van der Waals surface area contributed by atoms with Crippen LogP contribution >= 0.6 is 23.2 Å². The minimum absolute atomic E-state index is 0.340. The van der Waals surface area contributed by atoms with Gasteiger partial charge in [0, 0.05) is 17.6 Å². The van der Waals surface area contributed by atoms with Crippen molar-refractivity contribution in [2.45, 2.75) is 0 Å². The van der Waals surface area contributed by atoms with Gasteiger partial charge in [0.2, 0.25) is 0 Å². The van der Waals surface area contributed by atoms with Crippen LogP contribution in [0.1, 0.15) is 10.4 Å². The zero-order chi connectivity index (χ0) is 17.8. The number of carbonyl (C=O) groups excluding carboxylic acids is 1. The Hall–Kier alpha value is -2.63. The summed E-state index contributed by atoms with van der Waals surface area (Å²) in [6.07, 6.45) is 2.98. The van der Waals surface area contributed by atoms with E-state index in [1.54, 1.807) is 42.6 Å². The van der Waals surface area contributed by atoms with Crippen molar-refractivity contribution in [3.05, 3.63) is 82.4 Å². The molecule has 0 aliphatic heterocycles. The van der Waals surface area contributed by atoms with Gasteiger partial charge < -0.3 is 10.6 Å². The van der Waals surface area contributed by atoms with Crippen LogP contribution < -0.4 is 10.6 Å². The molecule has 3 rings (SSSR count). The SMILES string of the molecule is O=C(Nc1ccc(Cl)c(Cl)c1)c1cncc(Nc2cccc(F)c2)c1. The lowest BCUT2D eigenvalue weighted by Gasteiger charge is -2.09. The summed E-state index contributed by atoms with van der Waals surface area (Å²) < 4.78 is 13.2. The topological polar surface area (TPSA) is 54.0 Å². The molecule has 0 spiro atoms. The molecule has 0 radical (unpaired) electrons. The van der Waals surface area contributed by atoms with Gasteiger partial charge in [-0.2, -0.15) is 0 Å². The van der Waals surface area contributed by atoms with Gasteiger partial charge in [-0.1, -0.05) is 29.3 Å². The second-order valence-corrected chi connectivity index (χ2v) is 6.00. The molecule has 25 heavy (non-hydrogen) atoms. The number of rotatable bonds is 4. The Morgan fingerprint density at radius 3 is 2.52 bits per heavy atom. The van der Waals surface area contributed by atoms with E-state index in [1.165, 1.54) is 18.3 Å². The van der Waals surface area contributed by atoms with E-state index in [2.05, 4.69) is 15.6 Å². The fourth-order valence-electron chi connectivity index (χ4n) is 2.14. The number of hydrogen-bond donors (Lipinski definition) is 2. The number of pyridine rings is 1. The molecule has 0 atom stereocenters. The quantitative estimate of drug-likeness (QED) is 0.630. The first kappa shape index (κ1) is 17.2. The lowest BCUT2D eigenvalue weighted by molar-refractivity contribution is 0.102. The monoisotopic (exact) mass is 375 g/mol. The number of carbonyl (C=O) groups is 1. The summed E-state index contributed by atoms with van der Waals surface area (Å²) in [6, 6.07) is 12.4. The standard InChI is InChI=1S/C18H12Cl2FN3O/c19-16-5-4-14(8-17(16)20)24-18(25)11-6-15(10-22-9-11)23-13-3-1-2-12(21)7-13/h1-10,23H,(H,24,25). The summed E-state index contributed by atoms with van der Waals surface area (Å²) in [5.74, 6) is -0.708. The number of nitrogens with zero attached hydrogens (tertiary/aromatic N) is 1. The van der Waals surface area contributed by atoms with E-state index in [0.29, 0.717) is 32.7 Å². The van der Waals surface area contributed by atoms with Gasteiger partial charge in [0.1, 0.15) is 5.82 Å². The van der Waals surface area contributed by atoms with E-state index >= 15 is 0 Å². The van der Waals surface area contributed by atoms with E-state index in [4.69, 9.17) is 23.2 Å². The van der Waals surface area contributed by atoms with Crippen molar-refractivity contribution < 1.29 is 9.18 Å². The largest absolute Gasteiger partial charge is 0.354 e. The van der Waals surface area contributed by atoms with E-state index < -0.39 is 0 Å². The molecule has 1 heterocycles. The number of nitrogens with one attached hydrogen (secondary N) is 2. The Balaban J connectivity index is 1.76. The Kier molecular flexibility index (Phi) is 5.16. The highest BCUT2D eigenvalue weighted by molar-refractivity contribution is 6.42. The molecule has 2 aromatic carbocycles. The van der Waals surface area contributed by atoms with E-state index in [-0.39, 0.29) is 11.7 Å². The Morgan fingerprint density at radius 2 is 1.76 bits per heavy atom. The van der Waals surface area contributed by atoms with Crippen LogP contribution in [0.25, 0.3) is 0 Å². The lowest BCUT2D eigenvalue weighted by Crippen LogP contribution is -2.12. The predicted molar refractivity (Wildman–Crippen MR) is 98.3 cm³/mol. The van der Waals surface area contributed by atoms with Crippen LogP contribution in [-0.4, -0.2) is 10.9 Å². The van der Waals surface area contributed by atoms with Gasteiger partial charge in [-0.25, -0.2) is 4.39 Å². The van der Waals surface area contributed by atoms with Crippen molar-refractivity contribution in [2.75, 3.05) is 10.6 Å². The smallest absolute Gasteiger partial charge is 0.257 e. The number of aromatic nitrogens is 1. The summed E-state index contributed by atoms with van der Waals surface area (Å²) in [5.41, 5.74) is 1.98. The van der Waals surface area contributed by atoms with Gasteiger partial charge in [-0.3, -0.25) is 9.78 Å². The van der Waals surface area contributed by atoms with Crippen molar-refractivity contribution in [3.8, 4) is 0 Å².